The third-order valence-corrected chi connectivity index (χ3v) is 6.67. The van der Waals surface area contributed by atoms with Crippen LogP contribution in [0.1, 0.15) is 21.6 Å². The molecule has 1 aromatic heterocycles. The molecule has 0 saturated carbocycles. The predicted molar refractivity (Wildman–Crippen MR) is 120 cm³/mol. The molecule has 0 spiro atoms. The minimum Gasteiger partial charge on any atom is -0.481 e. The molecule has 33 heavy (non-hydrogen) atoms. The molecule has 8 nitrogen and oxygen atoms in total. The number of nitrogens with one attached hydrogen (secondary N) is 2. The van der Waals surface area contributed by atoms with Crippen LogP contribution >= 0.6 is 23.2 Å². The fourth-order valence-electron chi connectivity index (χ4n) is 3.15. The number of carbonyl (C=O) groups excluding carboxylic acids is 2. The summed E-state index contributed by atoms with van der Waals surface area (Å²) in [5.41, 5.74) is -0.310. The second kappa shape index (κ2) is 8.62. The minimum atomic E-state index is -4.16. The first-order valence-electron chi connectivity index (χ1n) is 9.30. The van der Waals surface area contributed by atoms with E-state index in [4.69, 9.17) is 27.9 Å². The van der Waals surface area contributed by atoms with Gasteiger partial charge in [-0.05, 0) is 42.8 Å². The maximum atomic E-state index is 14.2. The molecule has 2 aromatic carbocycles. The lowest BCUT2D eigenvalue weighted by Gasteiger charge is -2.21. The van der Waals surface area contributed by atoms with E-state index in [0.717, 1.165) is 18.3 Å². The fourth-order valence-corrected chi connectivity index (χ4v) is 4.57. The summed E-state index contributed by atoms with van der Waals surface area (Å²) in [6, 6.07) is 7.22. The largest absolute Gasteiger partial charge is 0.481 e. The Hall–Kier alpha value is -3.21. The highest BCUT2D eigenvalue weighted by atomic mass is 35.5. The summed E-state index contributed by atoms with van der Waals surface area (Å²) in [6.45, 7) is 1.27. The molecule has 0 atom stereocenters. The number of anilines is 2. The molecular formula is C21H14Cl2FN3O5S. The third-order valence-electron chi connectivity index (χ3n) is 4.67. The molecule has 3 aromatic rings. The van der Waals surface area contributed by atoms with Gasteiger partial charge in [-0.15, -0.1) is 0 Å². The molecule has 0 unspecified atom stereocenters. The van der Waals surface area contributed by atoms with Crippen LogP contribution in [0.2, 0.25) is 10.0 Å². The zero-order valence-electron chi connectivity index (χ0n) is 16.8. The van der Waals surface area contributed by atoms with Crippen LogP contribution in [0.25, 0.3) is 0 Å². The molecule has 0 radical (unpaired) electrons. The average Bonchev–Trinajstić information content (AvgIpc) is 2.74. The van der Waals surface area contributed by atoms with Crippen molar-refractivity contribution in [1.29, 1.82) is 0 Å². The van der Waals surface area contributed by atoms with Crippen LogP contribution in [0.3, 0.4) is 0 Å². The first kappa shape index (κ1) is 23.0. The van der Waals surface area contributed by atoms with Crippen molar-refractivity contribution in [2.45, 2.75) is 11.8 Å². The first-order chi connectivity index (χ1) is 15.5. The highest BCUT2D eigenvalue weighted by Crippen LogP contribution is 2.35. The van der Waals surface area contributed by atoms with Crippen LogP contribution in [-0.2, 0) is 14.8 Å². The summed E-state index contributed by atoms with van der Waals surface area (Å²) < 4.78 is 47.7. The predicted octanol–water partition coefficient (Wildman–Crippen LogP) is 4.20. The van der Waals surface area contributed by atoms with Gasteiger partial charge in [0.2, 0.25) is 5.78 Å². The molecule has 0 saturated heterocycles. The number of ether oxygens (including phenoxy) is 1. The maximum Gasteiger partial charge on any atom is 0.262 e. The first-order valence-corrected chi connectivity index (χ1v) is 11.5. The SMILES string of the molecule is Cc1cc(S(=O)(=O)Nc2cc(Cl)cnc2C(=O)c2cc(F)cc3c2OCC(=O)N3)ccc1Cl. The van der Waals surface area contributed by atoms with Crippen molar-refractivity contribution in [2.24, 2.45) is 0 Å². The van der Waals surface area contributed by atoms with Gasteiger partial charge in [0.05, 0.1) is 26.9 Å². The number of amides is 1. The second-order valence-corrected chi connectivity index (χ2v) is 9.59. The smallest absolute Gasteiger partial charge is 0.262 e. The Labute approximate surface area is 197 Å². The third kappa shape index (κ3) is 4.63. The maximum absolute atomic E-state index is 14.2. The summed E-state index contributed by atoms with van der Waals surface area (Å²) >= 11 is 12.0. The number of hydrogen-bond donors (Lipinski definition) is 2. The molecule has 0 fully saturated rings. The van der Waals surface area contributed by atoms with E-state index in [1.165, 1.54) is 24.3 Å². The van der Waals surface area contributed by atoms with Gasteiger partial charge in [0.25, 0.3) is 15.9 Å². The molecule has 1 aliphatic heterocycles. The molecule has 1 aliphatic rings. The van der Waals surface area contributed by atoms with E-state index in [-0.39, 0.29) is 44.9 Å². The lowest BCUT2D eigenvalue weighted by Crippen LogP contribution is -2.27. The summed E-state index contributed by atoms with van der Waals surface area (Å²) in [5, 5.41) is 2.86. The highest BCUT2D eigenvalue weighted by Gasteiger charge is 2.28. The molecule has 2 N–H and O–H groups in total. The number of halogens is 3. The summed E-state index contributed by atoms with van der Waals surface area (Å²) in [6.07, 6.45) is 1.15. The molecule has 0 bridgehead atoms. The Balaban J connectivity index is 1.78. The van der Waals surface area contributed by atoms with Crippen molar-refractivity contribution < 1.29 is 27.1 Å². The number of aryl methyl sites for hydroxylation is 1. The quantitative estimate of drug-likeness (QED) is 0.498. The van der Waals surface area contributed by atoms with E-state index in [0.29, 0.717) is 10.6 Å². The number of carbonyl (C=O) groups is 2. The van der Waals surface area contributed by atoms with Crippen LogP contribution < -0.4 is 14.8 Å². The Morgan fingerprint density at radius 3 is 2.70 bits per heavy atom. The van der Waals surface area contributed by atoms with Gasteiger partial charge >= 0.3 is 0 Å². The number of pyridine rings is 1. The van der Waals surface area contributed by atoms with Gasteiger partial charge in [-0.3, -0.25) is 14.3 Å². The van der Waals surface area contributed by atoms with Crippen LogP contribution in [0, 0.1) is 12.7 Å². The Morgan fingerprint density at radius 2 is 1.97 bits per heavy atom. The lowest BCUT2D eigenvalue weighted by molar-refractivity contribution is -0.118. The summed E-state index contributed by atoms with van der Waals surface area (Å²) in [7, 11) is -4.16. The average molecular weight is 510 g/mol. The van der Waals surface area contributed by atoms with E-state index in [2.05, 4.69) is 15.0 Å². The Bertz CT molecular complexity index is 1430. The normalized spacial score (nSPS) is 13.0. The van der Waals surface area contributed by atoms with E-state index in [1.807, 2.05) is 0 Å². The number of benzene rings is 2. The van der Waals surface area contributed by atoms with Crippen molar-refractivity contribution >= 4 is 56.3 Å². The highest BCUT2D eigenvalue weighted by molar-refractivity contribution is 7.92. The van der Waals surface area contributed by atoms with Crippen molar-refractivity contribution in [3.8, 4) is 5.75 Å². The van der Waals surface area contributed by atoms with Gasteiger partial charge in [0.15, 0.2) is 12.4 Å². The number of nitrogens with zero attached hydrogens (tertiary/aromatic N) is 1. The van der Waals surface area contributed by atoms with Crippen molar-refractivity contribution in [3.05, 3.63) is 75.3 Å². The Morgan fingerprint density at radius 1 is 1.21 bits per heavy atom. The number of hydrogen-bond acceptors (Lipinski definition) is 6. The second-order valence-electron chi connectivity index (χ2n) is 7.06. The van der Waals surface area contributed by atoms with E-state index < -0.39 is 27.5 Å². The molecule has 12 heteroatoms. The van der Waals surface area contributed by atoms with Gasteiger partial charge < -0.3 is 10.1 Å². The van der Waals surface area contributed by atoms with E-state index in [9.17, 15) is 22.4 Å². The molecule has 4 rings (SSSR count). The minimum absolute atomic E-state index is 0.0256. The van der Waals surface area contributed by atoms with Crippen LogP contribution in [0.4, 0.5) is 15.8 Å². The standard InChI is InChI=1S/C21H14Cl2FN3O5S/c1-10-4-13(2-3-15(10)23)33(30,31)27-16-5-11(22)8-25-19(16)20(29)14-6-12(24)7-17-21(14)32-9-18(28)26-17/h2-8,27H,9H2,1H3,(H,26,28). The van der Waals surface area contributed by atoms with Gasteiger partial charge in [-0.1, -0.05) is 23.2 Å². The molecule has 0 aliphatic carbocycles. The monoisotopic (exact) mass is 509 g/mol. The van der Waals surface area contributed by atoms with Gasteiger partial charge in [0.1, 0.15) is 11.5 Å². The molecule has 170 valence electrons. The van der Waals surface area contributed by atoms with E-state index >= 15 is 0 Å². The van der Waals surface area contributed by atoms with Gasteiger partial charge in [-0.2, -0.15) is 0 Å². The topological polar surface area (TPSA) is 114 Å². The molecular weight excluding hydrogens is 496 g/mol. The zero-order chi connectivity index (χ0) is 23.9. The van der Waals surface area contributed by atoms with E-state index in [1.54, 1.807) is 6.92 Å². The van der Waals surface area contributed by atoms with Gasteiger partial charge in [0, 0.05) is 17.3 Å². The zero-order valence-corrected chi connectivity index (χ0v) is 19.1. The van der Waals surface area contributed by atoms with Crippen LogP contribution in [0.5, 0.6) is 5.75 Å². The Kier molecular flexibility index (Phi) is 6.00. The fraction of sp³-hybridized carbons (Fsp3) is 0.0952. The number of rotatable bonds is 5. The summed E-state index contributed by atoms with van der Waals surface area (Å²) in [4.78, 5) is 28.7. The number of fused-ring (bicyclic) bond motifs is 1. The lowest BCUT2D eigenvalue weighted by atomic mass is 10.0. The number of ketones is 1. The van der Waals surface area contributed by atoms with Crippen LogP contribution in [0.15, 0.2) is 47.5 Å². The van der Waals surface area contributed by atoms with Crippen molar-refractivity contribution in [2.75, 3.05) is 16.6 Å². The van der Waals surface area contributed by atoms with Crippen molar-refractivity contribution in [1.82, 2.24) is 4.98 Å². The molecule has 1 amide bonds. The van der Waals surface area contributed by atoms with Gasteiger partial charge in [-0.25, -0.2) is 17.8 Å². The number of aromatic nitrogens is 1. The summed E-state index contributed by atoms with van der Waals surface area (Å²) in [5.74, 6) is -2.22. The van der Waals surface area contributed by atoms with Crippen molar-refractivity contribution in [3.63, 3.8) is 0 Å². The number of sulfonamides is 1. The van der Waals surface area contributed by atoms with Crippen LogP contribution in [-0.4, -0.2) is 31.7 Å². The molecule has 2 heterocycles.